The molecule has 1 atom stereocenters. The van der Waals surface area contributed by atoms with E-state index < -0.39 is 0 Å². The molecular formula is C27H32N4O2. The van der Waals surface area contributed by atoms with Gasteiger partial charge >= 0.3 is 6.03 Å². The molecule has 3 aromatic rings. The van der Waals surface area contributed by atoms with E-state index in [4.69, 9.17) is 4.74 Å². The van der Waals surface area contributed by atoms with Crippen molar-refractivity contribution >= 4 is 17.4 Å². The molecule has 1 aliphatic heterocycles. The topological polar surface area (TPSA) is 56.8 Å². The number of piperazine rings is 1. The molecule has 1 unspecified atom stereocenters. The maximum atomic E-state index is 12.6. The molecule has 0 saturated carbocycles. The molecule has 1 aliphatic rings. The average molecular weight is 445 g/mol. The molecule has 0 spiro atoms. The van der Waals surface area contributed by atoms with Crippen LogP contribution in [-0.4, -0.2) is 50.8 Å². The lowest BCUT2D eigenvalue weighted by molar-refractivity contribution is 0.182. The van der Waals surface area contributed by atoms with Crippen LogP contribution in [0.25, 0.3) is 0 Å². The fraction of sp³-hybridized carbons (Fsp3) is 0.296. The Morgan fingerprint density at radius 2 is 1.58 bits per heavy atom. The van der Waals surface area contributed by atoms with Crippen molar-refractivity contribution in [1.29, 1.82) is 0 Å². The standard InChI is InChI=1S/C27H32N4O2/c1-21-8-12-23(13-9-21)29-27(32)28-20-26(22-10-14-25(33-2)15-11-22)31-18-16-30(17-19-31)24-6-4-3-5-7-24/h3-15,26H,16-20H2,1-2H3,(H2,28,29,32). The largest absolute Gasteiger partial charge is 0.497 e. The van der Waals surface area contributed by atoms with E-state index in [1.165, 1.54) is 11.3 Å². The number of anilines is 2. The predicted octanol–water partition coefficient (Wildman–Crippen LogP) is 4.69. The Hall–Kier alpha value is -3.51. The maximum Gasteiger partial charge on any atom is 0.319 e. The van der Waals surface area contributed by atoms with Gasteiger partial charge in [-0.2, -0.15) is 0 Å². The van der Waals surface area contributed by atoms with Crippen LogP contribution in [0.1, 0.15) is 17.2 Å². The van der Waals surface area contributed by atoms with E-state index in [1.807, 2.05) is 49.4 Å². The fourth-order valence-corrected chi connectivity index (χ4v) is 4.22. The molecule has 33 heavy (non-hydrogen) atoms. The second kappa shape index (κ2) is 10.9. The normalized spacial score (nSPS) is 15.0. The molecular weight excluding hydrogens is 412 g/mol. The van der Waals surface area contributed by atoms with Gasteiger partial charge in [0.05, 0.1) is 13.2 Å². The van der Waals surface area contributed by atoms with Crippen LogP contribution in [0, 0.1) is 6.92 Å². The van der Waals surface area contributed by atoms with E-state index in [0.717, 1.165) is 43.2 Å². The van der Waals surface area contributed by atoms with Gasteiger partial charge in [0.25, 0.3) is 0 Å². The first-order chi connectivity index (χ1) is 16.1. The average Bonchev–Trinajstić information content (AvgIpc) is 2.87. The number of methoxy groups -OCH3 is 1. The molecule has 4 rings (SSSR count). The second-order valence-electron chi connectivity index (χ2n) is 8.35. The number of urea groups is 1. The van der Waals surface area contributed by atoms with Gasteiger partial charge in [-0.3, -0.25) is 4.90 Å². The summed E-state index contributed by atoms with van der Waals surface area (Å²) in [5.41, 5.74) is 4.37. The maximum absolute atomic E-state index is 12.6. The number of para-hydroxylation sites is 1. The number of aryl methyl sites for hydroxylation is 1. The summed E-state index contributed by atoms with van der Waals surface area (Å²) >= 11 is 0. The fourth-order valence-electron chi connectivity index (χ4n) is 4.22. The molecule has 1 fully saturated rings. The Bertz CT molecular complexity index is 1010. The van der Waals surface area contributed by atoms with Gasteiger partial charge in [-0.25, -0.2) is 4.79 Å². The molecule has 0 aromatic heterocycles. The van der Waals surface area contributed by atoms with Crippen molar-refractivity contribution in [2.75, 3.05) is 50.1 Å². The zero-order chi connectivity index (χ0) is 23.0. The number of ether oxygens (including phenoxy) is 1. The van der Waals surface area contributed by atoms with Gasteiger partial charge in [0.2, 0.25) is 0 Å². The molecule has 0 aliphatic carbocycles. The quantitative estimate of drug-likeness (QED) is 0.555. The van der Waals surface area contributed by atoms with Crippen molar-refractivity contribution in [2.24, 2.45) is 0 Å². The van der Waals surface area contributed by atoms with Crippen molar-refractivity contribution in [3.8, 4) is 5.75 Å². The van der Waals surface area contributed by atoms with Gasteiger partial charge < -0.3 is 20.3 Å². The number of hydrogen-bond acceptors (Lipinski definition) is 4. The van der Waals surface area contributed by atoms with Crippen molar-refractivity contribution in [1.82, 2.24) is 10.2 Å². The Kier molecular flexibility index (Phi) is 7.47. The first-order valence-electron chi connectivity index (χ1n) is 11.4. The van der Waals surface area contributed by atoms with E-state index in [1.54, 1.807) is 7.11 Å². The zero-order valence-corrected chi connectivity index (χ0v) is 19.3. The lowest BCUT2D eigenvalue weighted by Gasteiger charge is -2.40. The summed E-state index contributed by atoms with van der Waals surface area (Å²) in [4.78, 5) is 17.5. The van der Waals surface area contributed by atoms with E-state index in [9.17, 15) is 4.79 Å². The molecule has 1 saturated heterocycles. The summed E-state index contributed by atoms with van der Waals surface area (Å²) in [7, 11) is 1.67. The molecule has 1 heterocycles. The third-order valence-electron chi connectivity index (χ3n) is 6.14. The number of amides is 2. The van der Waals surface area contributed by atoms with Crippen molar-refractivity contribution in [3.63, 3.8) is 0 Å². The van der Waals surface area contributed by atoms with Crippen molar-refractivity contribution in [2.45, 2.75) is 13.0 Å². The van der Waals surface area contributed by atoms with Gasteiger partial charge in [0.15, 0.2) is 0 Å². The van der Waals surface area contributed by atoms with Crippen LogP contribution >= 0.6 is 0 Å². The third kappa shape index (κ3) is 6.05. The summed E-state index contributed by atoms with van der Waals surface area (Å²) in [6, 6.07) is 26.4. The number of rotatable bonds is 7. The van der Waals surface area contributed by atoms with Gasteiger partial charge in [-0.05, 0) is 48.9 Å². The minimum absolute atomic E-state index is 0.0811. The first-order valence-corrected chi connectivity index (χ1v) is 11.4. The molecule has 2 amide bonds. The molecule has 6 nitrogen and oxygen atoms in total. The van der Waals surface area contributed by atoms with E-state index in [2.05, 4.69) is 56.8 Å². The van der Waals surface area contributed by atoms with Crippen molar-refractivity contribution in [3.05, 3.63) is 90.0 Å². The van der Waals surface area contributed by atoms with Crippen LogP contribution in [0.2, 0.25) is 0 Å². The van der Waals surface area contributed by atoms with Crippen LogP contribution in [0.5, 0.6) is 5.75 Å². The SMILES string of the molecule is COc1ccc(C(CNC(=O)Nc2ccc(C)cc2)N2CCN(c3ccccc3)CC2)cc1. The summed E-state index contributed by atoms with van der Waals surface area (Å²) in [6.07, 6.45) is 0. The van der Waals surface area contributed by atoms with E-state index in [0.29, 0.717) is 6.54 Å². The van der Waals surface area contributed by atoms with E-state index >= 15 is 0 Å². The van der Waals surface area contributed by atoms with Gasteiger partial charge in [0, 0.05) is 44.1 Å². The molecule has 6 heteroatoms. The highest BCUT2D eigenvalue weighted by Gasteiger charge is 2.26. The summed E-state index contributed by atoms with van der Waals surface area (Å²) in [5.74, 6) is 0.830. The third-order valence-corrected chi connectivity index (χ3v) is 6.14. The highest BCUT2D eigenvalue weighted by molar-refractivity contribution is 5.89. The number of nitrogens with zero attached hydrogens (tertiary/aromatic N) is 2. The molecule has 0 radical (unpaired) electrons. The Morgan fingerprint density at radius 1 is 0.909 bits per heavy atom. The number of hydrogen-bond donors (Lipinski definition) is 2. The number of carbonyl (C=O) groups excluding carboxylic acids is 1. The van der Waals surface area contributed by atoms with Crippen LogP contribution in [0.4, 0.5) is 16.2 Å². The Labute approximate surface area is 196 Å². The Balaban J connectivity index is 1.42. The zero-order valence-electron chi connectivity index (χ0n) is 19.3. The molecule has 2 N–H and O–H groups in total. The number of nitrogens with one attached hydrogen (secondary N) is 2. The van der Waals surface area contributed by atoms with Gasteiger partial charge in [-0.15, -0.1) is 0 Å². The summed E-state index contributed by atoms with van der Waals surface area (Å²) in [6.45, 7) is 6.30. The number of benzene rings is 3. The Morgan fingerprint density at radius 3 is 2.21 bits per heavy atom. The highest BCUT2D eigenvalue weighted by atomic mass is 16.5. The minimum atomic E-state index is -0.194. The lowest BCUT2D eigenvalue weighted by Crippen LogP contribution is -2.50. The van der Waals surface area contributed by atoms with Gasteiger partial charge in [0.1, 0.15) is 5.75 Å². The van der Waals surface area contributed by atoms with Crippen LogP contribution < -0.4 is 20.3 Å². The first kappa shape index (κ1) is 22.7. The summed E-state index contributed by atoms with van der Waals surface area (Å²) < 4.78 is 5.33. The summed E-state index contributed by atoms with van der Waals surface area (Å²) in [5, 5.41) is 6.01. The minimum Gasteiger partial charge on any atom is -0.497 e. The highest BCUT2D eigenvalue weighted by Crippen LogP contribution is 2.25. The number of carbonyl (C=O) groups is 1. The van der Waals surface area contributed by atoms with Crippen molar-refractivity contribution < 1.29 is 9.53 Å². The molecule has 172 valence electrons. The molecule has 3 aromatic carbocycles. The smallest absolute Gasteiger partial charge is 0.319 e. The monoisotopic (exact) mass is 444 g/mol. The lowest BCUT2D eigenvalue weighted by atomic mass is 10.0. The second-order valence-corrected chi connectivity index (χ2v) is 8.35. The van der Waals surface area contributed by atoms with E-state index in [-0.39, 0.29) is 12.1 Å². The van der Waals surface area contributed by atoms with Crippen LogP contribution in [-0.2, 0) is 0 Å². The van der Waals surface area contributed by atoms with Gasteiger partial charge in [-0.1, -0.05) is 48.0 Å². The predicted molar refractivity (Wildman–Crippen MR) is 134 cm³/mol. The van der Waals surface area contributed by atoms with Crippen LogP contribution in [0.3, 0.4) is 0 Å². The molecule has 0 bridgehead atoms. The van der Waals surface area contributed by atoms with Crippen LogP contribution in [0.15, 0.2) is 78.9 Å².